The highest BCUT2D eigenvalue weighted by Gasteiger charge is 2.22. The van der Waals surface area contributed by atoms with Crippen molar-refractivity contribution >= 4 is 17.4 Å². The molecule has 150 valence electrons. The molecule has 3 aromatic rings. The number of hydrogen-bond donors (Lipinski definition) is 1. The largest absolute Gasteiger partial charge is 0.326 e. The molecule has 0 radical (unpaired) electrons. The average molecular weight is 391 g/mol. The van der Waals surface area contributed by atoms with Gasteiger partial charge in [-0.2, -0.15) is 4.80 Å². The molecule has 0 aliphatic rings. The van der Waals surface area contributed by atoms with E-state index in [-0.39, 0.29) is 11.7 Å². The molecule has 1 atom stereocenters. The zero-order valence-electron chi connectivity index (χ0n) is 17.3. The van der Waals surface area contributed by atoms with E-state index in [1.807, 2.05) is 52.0 Å². The van der Waals surface area contributed by atoms with Gasteiger partial charge in [-0.1, -0.05) is 50.6 Å². The van der Waals surface area contributed by atoms with Gasteiger partial charge in [0.15, 0.2) is 5.78 Å². The number of carbonyl (C=O) groups excluding carboxylic acids is 2. The second-order valence-corrected chi connectivity index (χ2v) is 8.12. The maximum atomic E-state index is 12.8. The summed E-state index contributed by atoms with van der Waals surface area (Å²) in [6.07, 6.45) is 0. The summed E-state index contributed by atoms with van der Waals surface area (Å²) in [6.45, 7) is 9.28. The summed E-state index contributed by atoms with van der Waals surface area (Å²) in [6, 6.07) is 14.0. The molecule has 0 aliphatic heterocycles. The molecule has 0 saturated heterocycles. The summed E-state index contributed by atoms with van der Waals surface area (Å²) < 4.78 is 0. The first-order chi connectivity index (χ1) is 13.6. The second kappa shape index (κ2) is 7.95. The van der Waals surface area contributed by atoms with Crippen molar-refractivity contribution in [2.45, 2.75) is 40.7 Å². The van der Waals surface area contributed by atoms with Crippen LogP contribution in [-0.2, 0) is 4.79 Å². The van der Waals surface area contributed by atoms with Crippen LogP contribution in [0.3, 0.4) is 0 Å². The van der Waals surface area contributed by atoms with Gasteiger partial charge in [0.2, 0.25) is 11.7 Å². The van der Waals surface area contributed by atoms with Crippen molar-refractivity contribution in [1.29, 1.82) is 0 Å². The minimum absolute atomic E-state index is 0.0830. The van der Waals surface area contributed by atoms with Gasteiger partial charge in [0, 0.05) is 22.2 Å². The lowest BCUT2D eigenvalue weighted by Gasteiger charge is -2.17. The van der Waals surface area contributed by atoms with E-state index in [0.717, 1.165) is 11.1 Å². The number of Topliss-reactive ketones (excluding diaryl/α,β-unsaturated/α-hetero) is 1. The van der Waals surface area contributed by atoms with Crippen LogP contribution in [-0.4, -0.2) is 31.9 Å². The van der Waals surface area contributed by atoms with Crippen LogP contribution in [0.1, 0.15) is 49.7 Å². The lowest BCUT2D eigenvalue weighted by atomic mass is 9.95. The predicted molar refractivity (Wildman–Crippen MR) is 112 cm³/mol. The van der Waals surface area contributed by atoms with Crippen LogP contribution in [0.5, 0.6) is 0 Å². The lowest BCUT2D eigenvalue weighted by molar-refractivity contribution is -0.123. The summed E-state index contributed by atoms with van der Waals surface area (Å²) in [4.78, 5) is 26.2. The summed E-state index contributed by atoms with van der Waals surface area (Å²) >= 11 is 0. The topological polar surface area (TPSA) is 89.8 Å². The minimum Gasteiger partial charge on any atom is -0.326 e. The number of rotatable bonds is 5. The van der Waals surface area contributed by atoms with Gasteiger partial charge >= 0.3 is 0 Å². The molecule has 0 aliphatic carbocycles. The van der Waals surface area contributed by atoms with Crippen molar-refractivity contribution in [3.05, 3.63) is 59.7 Å². The predicted octanol–water partition coefficient (Wildman–Crippen LogP) is 4.08. The van der Waals surface area contributed by atoms with Crippen LogP contribution in [0.4, 0.5) is 5.69 Å². The van der Waals surface area contributed by atoms with E-state index in [4.69, 9.17) is 0 Å². The van der Waals surface area contributed by atoms with Gasteiger partial charge in [-0.05, 0) is 43.3 Å². The van der Waals surface area contributed by atoms with Gasteiger partial charge in [-0.25, -0.2) is 0 Å². The van der Waals surface area contributed by atoms with Crippen molar-refractivity contribution in [2.75, 3.05) is 5.32 Å². The normalized spacial score (nSPS) is 12.4. The number of ketones is 1. The Kier molecular flexibility index (Phi) is 5.59. The quantitative estimate of drug-likeness (QED) is 0.662. The van der Waals surface area contributed by atoms with E-state index in [9.17, 15) is 9.59 Å². The molecule has 1 amide bonds. The Hall–Kier alpha value is -3.35. The van der Waals surface area contributed by atoms with Crippen LogP contribution in [0.25, 0.3) is 11.4 Å². The Morgan fingerprint density at radius 1 is 1.00 bits per heavy atom. The minimum atomic E-state index is -0.600. The molecule has 1 unspecified atom stereocenters. The number of aromatic nitrogens is 4. The Balaban J connectivity index is 1.72. The first-order valence-electron chi connectivity index (χ1n) is 9.47. The number of carbonyl (C=O) groups is 2. The zero-order chi connectivity index (χ0) is 21.2. The number of nitrogens with zero attached hydrogens (tertiary/aromatic N) is 4. The fourth-order valence-electron chi connectivity index (χ4n) is 2.59. The van der Waals surface area contributed by atoms with E-state index in [0.29, 0.717) is 17.1 Å². The highest BCUT2D eigenvalue weighted by Crippen LogP contribution is 2.20. The summed E-state index contributed by atoms with van der Waals surface area (Å²) in [5, 5.41) is 15.3. The van der Waals surface area contributed by atoms with E-state index in [1.54, 1.807) is 31.2 Å². The molecule has 1 N–H and O–H groups in total. The molecule has 7 nitrogen and oxygen atoms in total. The van der Waals surface area contributed by atoms with E-state index in [2.05, 4.69) is 20.7 Å². The maximum absolute atomic E-state index is 12.8. The number of anilines is 1. The van der Waals surface area contributed by atoms with Crippen LogP contribution in [0, 0.1) is 12.3 Å². The third-order valence-electron chi connectivity index (χ3n) is 4.57. The van der Waals surface area contributed by atoms with Gasteiger partial charge in [-0.3, -0.25) is 9.59 Å². The van der Waals surface area contributed by atoms with Crippen molar-refractivity contribution in [3.63, 3.8) is 0 Å². The first-order valence-corrected chi connectivity index (χ1v) is 9.47. The SMILES string of the molecule is Cc1ccc(-c2nnn(C(C)C(=O)c3ccc(NC(=O)C(C)(C)C)cc3)n2)cc1. The van der Waals surface area contributed by atoms with Gasteiger partial charge in [0.05, 0.1) is 0 Å². The molecule has 0 saturated carbocycles. The number of hydrogen-bond acceptors (Lipinski definition) is 5. The summed E-state index contributed by atoms with van der Waals surface area (Å²) in [5.74, 6) is 0.261. The molecule has 1 aromatic heterocycles. The van der Waals surface area contributed by atoms with Crippen molar-refractivity contribution in [1.82, 2.24) is 20.2 Å². The third kappa shape index (κ3) is 4.74. The van der Waals surface area contributed by atoms with Crippen LogP contribution >= 0.6 is 0 Å². The fourth-order valence-corrected chi connectivity index (χ4v) is 2.59. The first kappa shape index (κ1) is 20.4. The molecule has 0 bridgehead atoms. The average Bonchev–Trinajstić information content (AvgIpc) is 3.17. The number of amides is 1. The lowest BCUT2D eigenvalue weighted by Crippen LogP contribution is -2.27. The molecule has 3 rings (SSSR count). The van der Waals surface area contributed by atoms with Crippen molar-refractivity contribution in [3.8, 4) is 11.4 Å². The van der Waals surface area contributed by atoms with Crippen LogP contribution in [0.2, 0.25) is 0 Å². The fraction of sp³-hybridized carbons (Fsp3) is 0.318. The molecule has 0 spiro atoms. The highest BCUT2D eigenvalue weighted by molar-refractivity contribution is 5.99. The summed E-state index contributed by atoms with van der Waals surface area (Å²) in [5.41, 5.74) is 2.67. The summed E-state index contributed by atoms with van der Waals surface area (Å²) in [7, 11) is 0. The van der Waals surface area contributed by atoms with Gasteiger partial charge < -0.3 is 5.32 Å². The molecule has 2 aromatic carbocycles. The smallest absolute Gasteiger partial charge is 0.229 e. The molecule has 1 heterocycles. The standard InChI is InChI=1S/C22H25N5O2/c1-14-6-8-17(9-7-14)20-24-26-27(25-20)15(2)19(28)16-10-12-18(13-11-16)23-21(29)22(3,4)5/h6-13,15H,1-5H3,(H,23,29). The van der Waals surface area contributed by atoms with Crippen molar-refractivity contribution < 1.29 is 9.59 Å². The van der Waals surface area contributed by atoms with Crippen LogP contribution in [0.15, 0.2) is 48.5 Å². The molecule has 7 heteroatoms. The molecule has 29 heavy (non-hydrogen) atoms. The Morgan fingerprint density at radius 2 is 1.62 bits per heavy atom. The van der Waals surface area contributed by atoms with Crippen LogP contribution < -0.4 is 5.32 Å². The Labute approximate surface area is 170 Å². The highest BCUT2D eigenvalue weighted by atomic mass is 16.2. The monoisotopic (exact) mass is 391 g/mol. The molecule has 0 fully saturated rings. The van der Waals surface area contributed by atoms with Gasteiger partial charge in [-0.15, -0.1) is 10.2 Å². The van der Waals surface area contributed by atoms with Crippen molar-refractivity contribution in [2.24, 2.45) is 5.41 Å². The second-order valence-electron chi connectivity index (χ2n) is 8.12. The third-order valence-corrected chi connectivity index (χ3v) is 4.57. The van der Waals surface area contributed by atoms with E-state index >= 15 is 0 Å². The number of nitrogens with one attached hydrogen (secondary N) is 1. The zero-order valence-corrected chi connectivity index (χ0v) is 17.3. The molecular weight excluding hydrogens is 366 g/mol. The van der Waals surface area contributed by atoms with E-state index < -0.39 is 11.5 Å². The number of tetrazole rings is 1. The number of benzene rings is 2. The van der Waals surface area contributed by atoms with Gasteiger partial charge in [0.1, 0.15) is 6.04 Å². The maximum Gasteiger partial charge on any atom is 0.229 e. The Bertz CT molecular complexity index is 1010. The van der Waals surface area contributed by atoms with E-state index in [1.165, 1.54) is 4.80 Å². The Morgan fingerprint density at radius 3 is 2.21 bits per heavy atom. The molecular formula is C22H25N5O2. The van der Waals surface area contributed by atoms with Gasteiger partial charge in [0.25, 0.3) is 0 Å². The number of aryl methyl sites for hydroxylation is 1.